The van der Waals surface area contributed by atoms with Gasteiger partial charge in [0, 0.05) is 36.0 Å². The van der Waals surface area contributed by atoms with Crippen molar-refractivity contribution >= 4 is 39.9 Å². The van der Waals surface area contributed by atoms with E-state index in [1.54, 1.807) is 17.1 Å². The lowest BCUT2D eigenvalue weighted by Gasteiger charge is -2.33. The fraction of sp³-hybridized carbons (Fsp3) is 0.588. The van der Waals surface area contributed by atoms with Crippen LogP contribution in [0.1, 0.15) is 83.4 Å². The van der Waals surface area contributed by atoms with Crippen LogP contribution >= 0.6 is 22.9 Å². The Hall–Kier alpha value is -2.62. The van der Waals surface area contributed by atoms with Crippen molar-refractivity contribution in [3.05, 3.63) is 52.1 Å². The predicted octanol–water partition coefficient (Wildman–Crippen LogP) is 7.94. The number of hydrogen-bond acceptors (Lipinski definition) is 7. The third-order valence-electron chi connectivity index (χ3n) is 8.36. The Morgan fingerprint density at radius 3 is 2.43 bits per heavy atom. The molecule has 2 aliphatic rings. The molecule has 2 unspecified atom stereocenters. The number of ether oxygens (including phenoxy) is 1. The van der Waals surface area contributed by atoms with Gasteiger partial charge >= 0.3 is 5.97 Å². The van der Waals surface area contributed by atoms with Gasteiger partial charge in [0.2, 0.25) is 11.0 Å². The van der Waals surface area contributed by atoms with E-state index in [9.17, 15) is 9.59 Å². The smallest absolute Gasteiger partial charge is 0.309 e. The second kappa shape index (κ2) is 14.2. The van der Waals surface area contributed by atoms with Gasteiger partial charge in [-0.15, -0.1) is 10.2 Å². The van der Waals surface area contributed by atoms with Crippen molar-refractivity contribution in [1.29, 1.82) is 0 Å². The number of hydrogen-bond donors (Lipinski definition) is 0. The van der Waals surface area contributed by atoms with Gasteiger partial charge in [-0.25, -0.2) is 4.39 Å². The summed E-state index contributed by atoms with van der Waals surface area (Å²) in [6, 6.07) is 4.27. The molecule has 1 aromatic carbocycles. The van der Waals surface area contributed by atoms with Gasteiger partial charge in [0.05, 0.1) is 5.92 Å². The number of nitrogens with zero attached hydrogens (tertiary/aromatic N) is 4. The number of aryl methyl sites for hydroxylation is 2. The summed E-state index contributed by atoms with van der Waals surface area (Å²) >= 11 is 7.39. The number of piperidine rings is 1. The molecule has 1 aromatic heterocycles. The van der Waals surface area contributed by atoms with Gasteiger partial charge in [-0.3, -0.25) is 19.4 Å². The van der Waals surface area contributed by atoms with E-state index >= 15 is 4.39 Å². The zero-order valence-electron chi connectivity index (χ0n) is 27.1. The summed E-state index contributed by atoms with van der Waals surface area (Å²) in [7, 11) is 0. The van der Waals surface area contributed by atoms with Gasteiger partial charge in [-0.1, -0.05) is 42.4 Å². The normalized spacial score (nSPS) is 21.3. The molecular formula is C34H46ClFN4O3S. The lowest BCUT2D eigenvalue weighted by atomic mass is 9.84. The summed E-state index contributed by atoms with van der Waals surface area (Å²) in [5, 5.41) is 10.5. The molecule has 2 atom stereocenters. The van der Waals surface area contributed by atoms with Crippen molar-refractivity contribution in [2.24, 2.45) is 11.8 Å². The van der Waals surface area contributed by atoms with Crippen LogP contribution in [0, 0.1) is 25.7 Å². The first-order valence-corrected chi connectivity index (χ1v) is 16.8. The van der Waals surface area contributed by atoms with Crippen LogP contribution in [0.5, 0.6) is 0 Å². The van der Waals surface area contributed by atoms with E-state index < -0.39 is 17.2 Å². The van der Waals surface area contributed by atoms with Crippen molar-refractivity contribution in [1.82, 2.24) is 15.1 Å². The van der Waals surface area contributed by atoms with E-state index in [4.69, 9.17) is 16.3 Å². The van der Waals surface area contributed by atoms with Gasteiger partial charge in [-0.05, 0) is 115 Å². The second-order valence-electron chi connectivity index (χ2n) is 13.3. The van der Waals surface area contributed by atoms with Crippen molar-refractivity contribution in [2.45, 2.75) is 98.4 Å². The fourth-order valence-corrected chi connectivity index (χ4v) is 6.93. The summed E-state index contributed by atoms with van der Waals surface area (Å²) < 4.78 is 20.8. The number of unbranched alkanes of at least 4 members (excludes halogenated alkanes) is 1. The quantitative estimate of drug-likeness (QED) is 0.245. The van der Waals surface area contributed by atoms with Gasteiger partial charge in [0.25, 0.3) is 0 Å². The number of halogens is 2. The molecule has 10 heteroatoms. The Balaban J connectivity index is 1.44. The fourth-order valence-electron chi connectivity index (χ4n) is 5.77. The topological polar surface area (TPSA) is 75.6 Å². The zero-order chi connectivity index (χ0) is 32.2. The highest BCUT2D eigenvalue weighted by molar-refractivity contribution is 7.18. The molecule has 0 N–H and O–H groups in total. The van der Waals surface area contributed by atoms with Crippen molar-refractivity contribution in [3.8, 4) is 10.6 Å². The number of anilines is 1. The molecule has 1 aliphatic carbocycles. The average Bonchev–Trinajstić information content (AvgIpc) is 3.41. The first kappa shape index (κ1) is 34.3. The standard InChI is InChI=1S/C34H46ClFN4O3S/c1-8-9-14-40(29(41)19-26-10-11-27(35)20-34(26,7)36)32-38-37-30(44-32)25-17-22(2)28(23(3)18-25)21-39-15-12-24(13-16-39)31(42)43-33(4,5)6/h10-11,17-18,20,24,26H,8-9,12-16,19,21H2,1-7H3. The number of alkyl halides is 1. The summed E-state index contributed by atoms with van der Waals surface area (Å²) in [6.07, 6.45) is 8.05. The van der Waals surface area contributed by atoms with E-state index in [-0.39, 0.29) is 24.2 Å². The summed E-state index contributed by atoms with van der Waals surface area (Å²) in [6.45, 7) is 16.5. The molecule has 1 aliphatic heterocycles. The molecule has 0 bridgehead atoms. The van der Waals surface area contributed by atoms with E-state index in [1.807, 2.05) is 20.8 Å². The van der Waals surface area contributed by atoms with Crippen LogP contribution in [0.2, 0.25) is 0 Å². The number of amides is 1. The number of aromatic nitrogens is 2. The molecule has 4 rings (SSSR count). The van der Waals surface area contributed by atoms with Gasteiger partial charge in [-0.2, -0.15) is 0 Å². The Morgan fingerprint density at radius 2 is 1.84 bits per heavy atom. The van der Waals surface area contributed by atoms with Crippen LogP contribution in [0.3, 0.4) is 0 Å². The van der Waals surface area contributed by atoms with E-state index in [1.165, 1.54) is 41.0 Å². The molecule has 2 aromatic rings. The summed E-state index contributed by atoms with van der Waals surface area (Å²) in [5.74, 6) is -0.908. The predicted molar refractivity (Wildman–Crippen MR) is 177 cm³/mol. The first-order chi connectivity index (χ1) is 20.7. The molecule has 1 amide bonds. The molecule has 7 nitrogen and oxygen atoms in total. The second-order valence-corrected chi connectivity index (χ2v) is 14.7. The first-order valence-electron chi connectivity index (χ1n) is 15.6. The van der Waals surface area contributed by atoms with Crippen molar-refractivity contribution < 1.29 is 18.7 Å². The molecule has 0 spiro atoms. The highest BCUT2D eigenvalue weighted by Crippen LogP contribution is 2.37. The molecule has 0 saturated carbocycles. The largest absolute Gasteiger partial charge is 0.460 e. The Bertz CT molecular complexity index is 1380. The van der Waals surface area contributed by atoms with E-state index in [0.29, 0.717) is 16.7 Å². The van der Waals surface area contributed by atoms with Crippen LogP contribution in [-0.4, -0.2) is 57.9 Å². The minimum absolute atomic E-state index is 0.0186. The third kappa shape index (κ3) is 8.76. The molecule has 44 heavy (non-hydrogen) atoms. The molecule has 1 saturated heterocycles. The molecule has 1 fully saturated rings. The maximum Gasteiger partial charge on any atom is 0.309 e. The minimum atomic E-state index is -1.70. The van der Waals surface area contributed by atoms with E-state index in [0.717, 1.165) is 55.9 Å². The highest BCUT2D eigenvalue weighted by atomic mass is 35.5. The Kier molecular flexibility index (Phi) is 11.1. The maximum absolute atomic E-state index is 15.2. The summed E-state index contributed by atoms with van der Waals surface area (Å²) in [4.78, 5) is 30.1. The van der Waals surface area contributed by atoms with Gasteiger partial charge in [0.1, 0.15) is 16.3 Å². The van der Waals surface area contributed by atoms with Crippen LogP contribution in [0.25, 0.3) is 10.6 Å². The van der Waals surface area contributed by atoms with Crippen molar-refractivity contribution in [3.63, 3.8) is 0 Å². The number of carbonyl (C=O) groups is 2. The maximum atomic E-state index is 15.2. The zero-order valence-corrected chi connectivity index (χ0v) is 28.7. The van der Waals surface area contributed by atoms with Gasteiger partial charge < -0.3 is 4.74 Å². The SMILES string of the molecule is CCCCN(C(=O)CC1C=CC(Cl)=CC1(C)F)c1nnc(-c2cc(C)c(CN3CCC(C(=O)OC(C)(C)C)CC3)c(C)c2)s1. The number of esters is 1. The van der Waals surface area contributed by atoms with Crippen LogP contribution in [-0.2, 0) is 20.9 Å². The molecule has 2 heterocycles. The van der Waals surface area contributed by atoms with Crippen LogP contribution < -0.4 is 4.90 Å². The summed E-state index contributed by atoms with van der Waals surface area (Å²) in [5.41, 5.74) is 2.42. The lowest BCUT2D eigenvalue weighted by Crippen LogP contribution is -2.38. The number of benzene rings is 1. The minimum Gasteiger partial charge on any atom is -0.460 e. The number of likely N-dealkylation sites (tertiary alicyclic amines) is 1. The molecule has 240 valence electrons. The third-order valence-corrected chi connectivity index (χ3v) is 9.59. The van der Waals surface area contributed by atoms with Crippen LogP contribution in [0.4, 0.5) is 9.52 Å². The Morgan fingerprint density at radius 1 is 1.18 bits per heavy atom. The number of allylic oxidation sites excluding steroid dienone is 4. The average molecular weight is 645 g/mol. The monoisotopic (exact) mass is 644 g/mol. The lowest BCUT2D eigenvalue weighted by molar-refractivity contribution is -0.161. The number of rotatable bonds is 10. The van der Waals surface area contributed by atoms with Crippen LogP contribution in [0.15, 0.2) is 35.4 Å². The molecule has 0 radical (unpaired) electrons. The number of carbonyl (C=O) groups excluding carboxylic acids is 2. The van der Waals surface area contributed by atoms with E-state index in [2.05, 4.69) is 48.0 Å². The van der Waals surface area contributed by atoms with Gasteiger partial charge in [0.15, 0.2) is 0 Å². The van der Waals surface area contributed by atoms with Crippen molar-refractivity contribution in [2.75, 3.05) is 24.5 Å². The molecular weight excluding hydrogens is 599 g/mol. The highest BCUT2D eigenvalue weighted by Gasteiger charge is 2.36. The Labute approximate surface area is 270 Å².